The summed E-state index contributed by atoms with van der Waals surface area (Å²) in [4.78, 5) is 27.4. The van der Waals surface area contributed by atoms with Crippen molar-refractivity contribution in [2.45, 2.75) is 37.6 Å². The van der Waals surface area contributed by atoms with Gasteiger partial charge in [0.1, 0.15) is 5.54 Å². The zero-order chi connectivity index (χ0) is 15.7. The molecule has 6 heteroatoms. The standard InChI is InChI=1S/C16H17BrN2O3/c17-11-5-4-6-12-13(11)10(9-18-12)14(20)19-16(15(21)22)7-2-1-3-8-16/h4-6,9,18H,1-3,7-8H2,(H,19,20)(H,21,22). The van der Waals surface area contributed by atoms with E-state index in [4.69, 9.17) is 0 Å². The number of hydrogen-bond donors (Lipinski definition) is 3. The summed E-state index contributed by atoms with van der Waals surface area (Å²) < 4.78 is 0.810. The number of aromatic amines is 1. The number of benzene rings is 1. The molecule has 0 aliphatic heterocycles. The van der Waals surface area contributed by atoms with E-state index in [1.165, 1.54) is 0 Å². The maximum atomic E-state index is 12.6. The lowest BCUT2D eigenvalue weighted by molar-refractivity contribution is -0.145. The molecule has 1 fully saturated rings. The summed E-state index contributed by atoms with van der Waals surface area (Å²) in [5.74, 6) is -1.29. The molecule has 1 aromatic heterocycles. The highest BCUT2D eigenvalue weighted by Gasteiger charge is 2.41. The van der Waals surface area contributed by atoms with Crippen molar-refractivity contribution in [2.24, 2.45) is 0 Å². The first-order chi connectivity index (χ1) is 10.5. The van der Waals surface area contributed by atoms with Crippen LogP contribution < -0.4 is 5.32 Å². The fraction of sp³-hybridized carbons (Fsp3) is 0.375. The fourth-order valence-electron chi connectivity index (χ4n) is 3.15. The quantitative estimate of drug-likeness (QED) is 0.779. The predicted molar refractivity (Wildman–Crippen MR) is 86.9 cm³/mol. The number of H-pyrrole nitrogens is 1. The van der Waals surface area contributed by atoms with Gasteiger partial charge in [0.15, 0.2) is 0 Å². The lowest BCUT2D eigenvalue weighted by Crippen LogP contribution is -2.55. The summed E-state index contributed by atoms with van der Waals surface area (Å²) in [5.41, 5.74) is 0.168. The molecule has 0 atom stereocenters. The number of aromatic nitrogens is 1. The second kappa shape index (κ2) is 5.76. The number of hydrogen-bond acceptors (Lipinski definition) is 2. The van der Waals surface area contributed by atoms with Gasteiger partial charge in [0.2, 0.25) is 0 Å². The van der Waals surface area contributed by atoms with Crippen molar-refractivity contribution in [3.63, 3.8) is 0 Å². The maximum Gasteiger partial charge on any atom is 0.329 e. The maximum absolute atomic E-state index is 12.6. The first kappa shape index (κ1) is 15.1. The number of aliphatic carboxylic acids is 1. The largest absolute Gasteiger partial charge is 0.480 e. The molecule has 5 nitrogen and oxygen atoms in total. The summed E-state index contributed by atoms with van der Waals surface area (Å²) in [5, 5.41) is 13.1. The number of carbonyl (C=O) groups excluding carboxylic acids is 1. The van der Waals surface area contributed by atoms with E-state index in [0.29, 0.717) is 18.4 Å². The van der Waals surface area contributed by atoms with Crippen LogP contribution in [0.4, 0.5) is 0 Å². The van der Waals surface area contributed by atoms with Crippen LogP contribution in [0.15, 0.2) is 28.9 Å². The molecular formula is C16H17BrN2O3. The van der Waals surface area contributed by atoms with E-state index in [1.807, 2.05) is 18.2 Å². The molecule has 0 bridgehead atoms. The molecule has 1 saturated carbocycles. The van der Waals surface area contributed by atoms with E-state index in [-0.39, 0.29) is 5.91 Å². The topological polar surface area (TPSA) is 82.2 Å². The van der Waals surface area contributed by atoms with Crippen molar-refractivity contribution in [3.8, 4) is 0 Å². The van der Waals surface area contributed by atoms with E-state index >= 15 is 0 Å². The third kappa shape index (κ3) is 2.52. The van der Waals surface area contributed by atoms with E-state index in [1.54, 1.807) is 6.20 Å². The Morgan fingerprint density at radius 2 is 1.95 bits per heavy atom. The monoisotopic (exact) mass is 364 g/mol. The summed E-state index contributed by atoms with van der Waals surface area (Å²) in [6.07, 6.45) is 5.26. The molecule has 1 amide bonds. The van der Waals surface area contributed by atoms with Gasteiger partial charge in [-0.2, -0.15) is 0 Å². The summed E-state index contributed by atoms with van der Waals surface area (Å²) >= 11 is 3.45. The predicted octanol–water partition coefficient (Wildman–Crippen LogP) is 3.45. The van der Waals surface area contributed by atoms with Gasteiger partial charge >= 0.3 is 5.97 Å². The minimum absolute atomic E-state index is 0.345. The molecule has 1 aromatic carbocycles. The van der Waals surface area contributed by atoms with Crippen molar-refractivity contribution in [1.29, 1.82) is 0 Å². The number of fused-ring (bicyclic) bond motifs is 1. The summed E-state index contributed by atoms with van der Waals surface area (Å²) in [6, 6.07) is 5.62. The van der Waals surface area contributed by atoms with Gasteiger partial charge in [0.05, 0.1) is 5.56 Å². The number of carbonyl (C=O) groups is 2. The van der Waals surface area contributed by atoms with Crippen molar-refractivity contribution in [3.05, 3.63) is 34.4 Å². The zero-order valence-corrected chi connectivity index (χ0v) is 13.6. The third-order valence-electron chi connectivity index (χ3n) is 4.37. The van der Waals surface area contributed by atoms with E-state index < -0.39 is 11.5 Å². The van der Waals surface area contributed by atoms with Gasteiger partial charge < -0.3 is 15.4 Å². The highest BCUT2D eigenvalue weighted by molar-refractivity contribution is 9.10. The molecule has 2 aromatic rings. The number of carboxylic acid groups (broad SMARTS) is 1. The molecule has 3 N–H and O–H groups in total. The lowest BCUT2D eigenvalue weighted by atomic mass is 9.81. The molecular weight excluding hydrogens is 348 g/mol. The highest BCUT2D eigenvalue weighted by Crippen LogP contribution is 2.31. The molecule has 1 aliphatic rings. The molecule has 116 valence electrons. The van der Waals surface area contributed by atoms with Gasteiger partial charge in [-0.15, -0.1) is 0 Å². The molecule has 1 heterocycles. The number of amides is 1. The van der Waals surface area contributed by atoms with Crippen molar-refractivity contribution in [1.82, 2.24) is 10.3 Å². The Kier molecular flexibility index (Phi) is 3.95. The van der Waals surface area contributed by atoms with Gasteiger partial charge in [-0.25, -0.2) is 4.79 Å². The average molecular weight is 365 g/mol. The molecule has 0 saturated heterocycles. The molecule has 0 spiro atoms. The molecule has 22 heavy (non-hydrogen) atoms. The van der Waals surface area contributed by atoms with Gasteiger partial charge in [-0.05, 0) is 25.0 Å². The Morgan fingerprint density at radius 3 is 2.64 bits per heavy atom. The SMILES string of the molecule is O=C(NC1(C(=O)O)CCCCC1)c1c[nH]c2cccc(Br)c12. The van der Waals surface area contributed by atoms with Gasteiger partial charge in [-0.3, -0.25) is 4.79 Å². The molecule has 1 aliphatic carbocycles. The number of carboxylic acids is 1. The second-order valence-corrected chi connectivity index (χ2v) is 6.62. The van der Waals surface area contributed by atoms with Crippen LogP contribution in [0.2, 0.25) is 0 Å². The first-order valence-corrected chi connectivity index (χ1v) is 8.14. The number of nitrogens with one attached hydrogen (secondary N) is 2. The summed E-state index contributed by atoms with van der Waals surface area (Å²) in [6.45, 7) is 0. The van der Waals surface area contributed by atoms with Crippen molar-refractivity contribution < 1.29 is 14.7 Å². The highest BCUT2D eigenvalue weighted by atomic mass is 79.9. The van der Waals surface area contributed by atoms with E-state index in [2.05, 4.69) is 26.2 Å². The Hall–Kier alpha value is -1.82. The van der Waals surface area contributed by atoms with Crippen LogP contribution in [-0.2, 0) is 4.79 Å². The Bertz CT molecular complexity index is 732. The van der Waals surface area contributed by atoms with E-state index in [9.17, 15) is 14.7 Å². The smallest absolute Gasteiger partial charge is 0.329 e. The minimum Gasteiger partial charge on any atom is -0.480 e. The van der Waals surface area contributed by atoms with Gasteiger partial charge in [0.25, 0.3) is 5.91 Å². The van der Waals surface area contributed by atoms with Crippen LogP contribution in [-0.4, -0.2) is 27.5 Å². The Labute approximate surface area is 136 Å². The number of halogens is 1. The third-order valence-corrected chi connectivity index (χ3v) is 5.03. The first-order valence-electron chi connectivity index (χ1n) is 7.35. The van der Waals surface area contributed by atoms with Crippen LogP contribution in [0.1, 0.15) is 42.5 Å². The van der Waals surface area contributed by atoms with E-state index in [0.717, 1.165) is 34.6 Å². The number of rotatable bonds is 3. The Balaban J connectivity index is 1.94. The van der Waals surface area contributed by atoms with Crippen molar-refractivity contribution in [2.75, 3.05) is 0 Å². The fourth-order valence-corrected chi connectivity index (χ4v) is 3.73. The van der Waals surface area contributed by atoms with Crippen molar-refractivity contribution >= 4 is 38.7 Å². The van der Waals surface area contributed by atoms with Crippen LogP contribution in [0.5, 0.6) is 0 Å². The Morgan fingerprint density at radius 1 is 1.23 bits per heavy atom. The second-order valence-electron chi connectivity index (χ2n) is 5.77. The van der Waals surface area contributed by atoms with Crippen LogP contribution in [0, 0.1) is 0 Å². The lowest BCUT2D eigenvalue weighted by Gasteiger charge is -2.33. The minimum atomic E-state index is -1.14. The van der Waals surface area contributed by atoms with Gasteiger partial charge in [-0.1, -0.05) is 41.3 Å². The van der Waals surface area contributed by atoms with Crippen LogP contribution in [0.25, 0.3) is 10.9 Å². The van der Waals surface area contributed by atoms with Gasteiger partial charge in [0, 0.05) is 21.6 Å². The summed E-state index contributed by atoms with van der Waals surface area (Å²) in [7, 11) is 0. The molecule has 0 radical (unpaired) electrons. The normalized spacial score (nSPS) is 17.3. The van der Waals surface area contributed by atoms with Crippen LogP contribution >= 0.6 is 15.9 Å². The van der Waals surface area contributed by atoms with Crippen LogP contribution in [0.3, 0.4) is 0 Å². The zero-order valence-electron chi connectivity index (χ0n) is 12.0. The molecule has 3 rings (SSSR count). The molecule has 0 unspecified atom stereocenters. The average Bonchev–Trinajstić information content (AvgIpc) is 2.93.